The Labute approximate surface area is 138 Å². The third-order valence-electron chi connectivity index (χ3n) is 4.57. The first kappa shape index (κ1) is 15.8. The number of amides is 1. The lowest BCUT2D eigenvalue weighted by atomic mass is 9.96. The molecule has 120 valence electrons. The molecule has 1 saturated carbocycles. The average molecular weight is 308 g/mol. The molecule has 0 aliphatic heterocycles. The maximum Gasteiger partial charge on any atom is 0.234 e. The molecule has 1 amide bonds. The van der Waals surface area contributed by atoms with Gasteiger partial charge in [-0.1, -0.05) is 60.7 Å². The monoisotopic (exact) mass is 308 g/mol. The second-order valence-electron chi connectivity index (χ2n) is 6.58. The van der Waals surface area contributed by atoms with Gasteiger partial charge in [0, 0.05) is 18.5 Å². The van der Waals surface area contributed by atoms with Crippen LogP contribution < -0.4 is 5.32 Å². The van der Waals surface area contributed by atoms with Crippen molar-refractivity contribution in [1.29, 1.82) is 0 Å². The highest BCUT2D eigenvalue weighted by Crippen LogP contribution is 2.47. The summed E-state index contributed by atoms with van der Waals surface area (Å²) in [6.07, 6.45) is 2.33. The highest BCUT2D eigenvalue weighted by atomic mass is 16.2. The van der Waals surface area contributed by atoms with Crippen LogP contribution >= 0.6 is 0 Å². The van der Waals surface area contributed by atoms with E-state index < -0.39 is 0 Å². The molecule has 0 unspecified atom stereocenters. The SMILES string of the molecule is CN(CC(=O)NCC1(c2ccccc2)CC1)Cc1ccccc1. The number of carbonyl (C=O) groups is 1. The lowest BCUT2D eigenvalue weighted by molar-refractivity contribution is -0.122. The molecule has 1 fully saturated rings. The molecule has 0 radical (unpaired) electrons. The minimum absolute atomic E-state index is 0.102. The predicted molar refractivity (Wildman–Crippen MR) is 93.1 cm³/mol. The number of rotatable bonds is 7. The van der Waals surface area contributed by atoms with Gasteiger partial charge < -0.3 is 5.32 Å². The Balaban J connectivity index is 1.47. The van der Waals surface area contributed by atoms with Gasteiger partial charge in [0.25, 0.3) is 0 Å². The molecule has 2 aromatic carbocycles. The summed E-state index contributed by atoms with van der Waals surface area (Å²) in [5.74, 6) is 0.102. The van der Waals surface area contributed by atoms with Crippen LogP contribution in [0.15, 0.2) is 60.7 Å². The molecule has 1 aliphatic rings. The summed E-state index contributed by atoms with van der Waals surface area (Å²) in [6, 6.07) is 20.8. The summed E-state index contributed by atoms with van der Waals surface area (Å²) in [6.45, 7) is 1.97. The van der Waals surface area contributed by atoms with Crippen molar-refractivity contribution in [2.75, 3.05) is 20.1 Å². The molecule has 2 aromatic rings. The van der Waals surface area contributed by atoms with Crippen molar-refractivity contribution in [3.63, 3.8) is 0 Å². The topological polar surface area (TPSA) is 32.3 Å². The van der Waals surface area contributed by atoms with E-state index in [1.807, 2.05) is 36.2 Å². The minimum Gasteiger partial charge on any atom is -0.354 e. The Morgan fingerprint density at radius 3 is 2.26 bits per heavy atom. The molecule has 23 heavy (non-hydrogen) atoms. The van der Waals surface area contributed by atoms with Gasteiger partial charge in [0.15, 0.2) is 0 Å². The molecule has 0 saturated heterocycles. The Kier molecular flexibility index (Phi) is 4.77. The zero-order valence-corrected chi connectivity index (χ0v) is 13.7. The van der Waals surface area contributed by atoms with Gasteiger partial charge in [0.05, 0.1) is 6.54 Å². The van der Waals surface area contributed by atoms with E-state index >= 15 is 0 Å². The molecule has 1 aliphatic carbocycles. The van der Waals surface area contributed by atoms with Gasteiger partial charge in [0.2, 0.25) is 5.91 Å². The van der Waals surface area contributed by atoms with Crippen molar-refractivity contribution in [3.8, 4) is 0 Å². The Hall–Kier alpha value is -2.13. The van der Waals surface area contributed by atoms with Gasteiger partial charge in [-0.15, -0.1) is 0 Å². The number of likely N-dealkylation sites (N-methyl/N-ethyl adjacent to an activating group) is 1. The molecule has 0 spiro atoms. The zero-order valence-electron chi connectivity index (χ0n) is 13.7. The van der Waals surface area contributed by atoms with Gasteiger partial charge >= 0.3 is 0 Å². The number of hydrogen-bond donors (Lipinski definition) is 1. The third kappa shape index (κ3) is 4.20. The number of benzene rings is 2. The van der Waals surface area contributed by atoms with Gasteiger partial charge in [-0.25, -0.2) is 0 Å². The summed E-state index contributed by atoms with van der Waals surface area (Å²) in [5.41, 5.74) is 2.75. The quantitative estimate of drug-likeness (QED) is 0.853. The molecular formula is C20H24N2O. The van der Waals surface area contributed by atoms with Crippen LogP contribution in [0.2, 0.25) is 0 Å². The molecule has 0 bridgehead atoms. The van der Waals surface area contributed by atoms with E-state index in [0.29, 0.717) is 6.54 Å². The fraction of sp³-hybridized carbons (Fsp3) is 0.350. The third-order valence-corrected chi connectivity index (χ3v) is 4.57. The van der Waals surface area contributed by atoms with Crippen molar-refractivity contribution in [3.05, 3.63) is 71.8 Å². The van der Waals surface area contributed by atoms with Crippen molar-refractivity contribution in [2.24, 2.45) is 0 Å². The van der Waals surface area contributed by atoms with E-state index in [9.17, 15) is 4.79 Å². The van der Waals surface area contributed by atoms with E-state index in [1.54, 1.807) is 0 Å². The molecule has 3 heteroatoms. The maximum atomic E-state index is 12.2. The van der Waals surface area contributed by atoms with Gasteiger partial charge in [0.1, 0.15) is 0 Å². The summed E-state index contributed by atoms with van der Waals surface area (Å²) in [7, 11) is 1.98. The number of nitrogens with zero attached hydrogens (tertiary/aromatic N) is 1. The van der Waals surface area contributed by atoms with Gasteiger partial charge in [-0.3, -0.25) is 9.69 Å². The summed E-state index contributed by atoms with van der Waals surface area (Å²) >= 11 is 0. The summed E-state index contributed by atoms with van der Waals surface area (Å²) in [5, 5.41) is 3.12. The minimum atomic E-state index is 0.102. The first-order chi connectivity index (χ1) is 11.2. The first-order valence-corrected chi connectivity index (χ1v) is 8.23. The highest BCUT2D eigenvalue weighted by molar-refractivity contribution is 5.78. The van der Waals surface area contributed by atoms with E-state index in [1.165, 1.54) is 11.1 Å². The Bertz CT molecular complexity index is 635. The zero-order chi connectivity index (χ0) is 16.1. The fourth-order valence-corrected chi connectivity index (χ4v) is 3.03. The number of nitrogens with one attached hydrogen (secondary N) is 1. The largest absolute Gasteiger partial charge is 0.354 e. The molecule has 1 N–H and O–H groups in total. The lowest BCUT2D eigenvalue weighted by Crippen LogP contribution is -2.38. The Morgan fingerprint density at radius 1 is 1.04 bits per heavy atom. The average Bonchev–Trinajstić information content (AvgIpc) is 3.36. The fourth-order valence-electron chi connectivity index (χ4n) is 3.03. The van der Waals surface area contributed by atoms with Crippen LogP contribution in [0.1, 0.15) is 24.0 Å². The molecule has 0 aromatic heterocycles. The normalized spacial score (nSPS) is 15.4. The standard InChI is InChI=1S/C20H24N2O/c1-22(14-17-8-4-2-5-9-17)15-19(23)21-16-20(12-13-20)18-10-6-3-7-11-18/h2-11H,12-16H2,1H3,(H,21,23). The van der Waals surface area contributed by atoms with Gasteiger partial charge in [-0.05, 0) is 31.0 Å². The van der Waals surface area contributed by atoms with E-state index in [-0.39, 0.29) is 11.3 Å². The lowest BCUT2D eigenvalue weighted by Gasteiger charge is -2.19. The summed E-state index contributed by atoms with van der Waals surface area (Å²) < 4.78 is 0. The van der Waals surface area contributed by atoms with Crippen molar-refractivity contribution in [2.45, 2.75) is 24.8 Å². The highest BCUT2D eigenvalue weighted by Gasteiger charge is 2.44. The molecule has 3 rings (SSSR count). The van der Waals surface area contributed by atoms with Gasteiger partial charge in [-0.2, -0.15) is 0 Å². The number of hydrogen-bond acceptors (Lipinski definition) is 2. The van der Waals surface area contributed by atoms with Crippen molar-refractivity contribution >= 4 is 5.91 Å². The van der Waals surface area contributed by atoms with Crippen LogP contribution in [0.25, 0.3) is 0 Å². The van der Waals surface area contributed by atoms with Crippen LogP contribution in [-0.2, 0) is 16.8 Å². The van der Waals surface area contributed by atoms with Crippen LogP contribution in [0.5, 0.6) is 0 Å². The molecule has 0 heterocycles. The van der Waals surface area contributed by atoms with Crippen LogP contribution in [-0.4, -0.2) is 30.9 Å². The smallest absolute Gasteiger partial charge is 0.234 e. The summed E-state index contributed by atoms with van der Waals surface area (Å²) in [4.78, 5) is 14.2. The maximum absolute atomic E-state index is 12.2. The molecular weight excluding hydrogens is 284 g/mol. The van der Waals surface area contributed by atoms with E-state index in [2.05, 4.69) is 41.7 Å². The van der Waals surface area contributed by atoms with Crippen LogP contribution in [0, 0.1) is 0 Å². The van der Waals surface area contributed by atoms with E-state index in [0.717, 1.165) is 25.9 Å². The van der Waals surface area contributed by atoms with Crippen LogP contribution in [0.4, 0.5) is 0 Å². The first-order valence-electron chi connectivity index (χ1n) is 8.23. The second-order valence-corrected chi connectivity index (χ2v) is 6.58. The second kappa shape index (κ2) is 6.97. The van der Waals surface area contributed by atoms with Crippen molar-refractivity contribution in [1.82, 2.24) is 10.2 Å². The number of carbonyl (C=O) groups excluding carboxylic acids is 1. The van der Waals surface area contributed by atoms with E-state index in [4.69, 9.17) is 0 Å². The molecule has 0 atom stereocenters. The van der Waals surface area contributed by atoms with Crippen molar-refractivity contribution < 1.29 is 4.79 Å². The predicted octanol–water partition coefficient (Wildman–Crippen LogP) is 2.97. The van der Waals surface area contributed by atoms with Crippen LogP contribution in [0.3, 0.4) is 0 Å². The molecule has 3 nitrogen and oxygen atoms in total. The Morgan fingerprint density at radius 2 is 1.65 bits per heavy atom.